The van der Waals surface area contributed by atoms with Gasteiger partial charge in [0.1, 0.15) is 5.75 Å². The molecule has 23 heavy (non-hydrogen) atoms. The minimum Gasteiger partial charge on any atom is -0.493 e. The summed E-state index contributed by atoms with van der Waals surface area (Å²) in [7, 11) is 0. The van der Waals surface area contributed by atoms with Crippen molar-refractivity contribution in [3.63, 3.8) is 0 Å². The first-order chi connectivity index (χ1) is 11.0. The SMILES string of the molecule is CC(C)COc1ccc(CNC(=O)NC2CCCCC2O)cc1. The molecule has 0 saturated heterocycles. The van der Waals surface area contributed by atoms with Crippen molar-refractivity contribution in [3.05, 3.63) is 29.8 Å². The van der Waals surface area contributed by atoms with Gasteiger partial charge in [-0.15, -0.1) is 0 Å². The van der Waals surface area contributed by atoms with E-state index in [1.807, 2.05) is 24.3 Å². The second-order valence-electron chi connectivity index (χ2n) is 6.63. The molecule has 1 aliphatic rings. The van der Waals surface area contributed by atoms with Crippen LogP contribution in [0.25, 0.3) is 0 Å². The maximum absolute atomic E-state index is 11.9. The van der Waals surface area contributed by atoms with Crippen molar-refractivity contribution in [2.24, 2.45) is 5.92 Å². The van der Waals surface area contributed by atoms with E-state index in [1.54, 1.807) is 0 Å². The summed E-state index contributed by atoms with van der Waals surface area (Å²) in [5.41, 5.74) is 1.02. The Morgan fingerprint density at radius 3 is 2.61 bits per heavy atom. The highest BCUT2D eigenvalue weighted by atomic mass is 16.5. The largest absolute Gasteiger partial charge is 0.493 e. The smallest absolute Gasteiger partial charge is 0.315 e. The molecule has 2 amide bonds. The molecule has 5 nitrogen and oxygen atoms in total. The molecule has 0 radical (unpaired) electrons. The molecule has 0 heterocycles. The van der Waals surface area contributed by atoms with Gasteiger partial charge in [-0.25, -0.2) is 4.79 Å². The molecule has 1 aromatic rings. The van der Waals surface area contributed by atoms with E-state index in [1.165, 1.54) is 0 Å². The summed E-state index contributed by atoms with van der Waals surface area (Å²) in [6.07, 6.45) is 3.28. The lowest BCUT2D eigenvalue weighted by molar-refractivity contribution is 0.0943. The predicted octanol–water partition coefficient (Wildman–Crippen LogP) is 2.82. The molecular formula is C18H28N2O3. The average molecular weight is 320 g/mol. The van der Waals surface area contributed by atoms with Crippen molar-refractivity contribution in [2.45, 2.75) is 58.2 Å². The Balaban J connectivity index is 1.73. The number of benzene rings is 1. The van der Waals surface area contributed by atoms with Crippen molar-refractivity contribution in [1.82, 2.24) is 10.6 Å². The topological polar surface area (TPSA) is 70.6 Å². The zero-order valence-corrected chi connectivity index (χ0v) is 14.0. The van der Waals surface area contributed by atoms with Crippen LogP contribution in [-0.2, 0) is 6.54 Å². The van der Waals surface area contributed by atoms with Gasteiger partial charge in [0.05, 0.1) is 18.8 Å². The van der Waals surface area contributed by atoms with Gasteiger partial charge >= 0.3 is 6.03 Å². The van der Waals surface area contributed by atoms with Crippen LogP contribution in [0.1, 0.15) is 45.1 Å². The molecule has 1 aromatic carbocycles. The molecule has 0 bridgehead atoms. The maximum Gasteiger partial charge on any atom is 0.315 e. The highest BCUT2D eigenvalue weighted by Gasteiger charge is 2.24. The second-order valence-corrected chi connectivity index (χ2v) is 6.63. The van der Waals surface area contributed by atoms with E-state index in [4.69, 9.17) is 4.74 Å². The van der Waals surface area contributed by atoms with Crippen LogP contribution in [0.4, 0.5) is 4.79 Å². The molecule has 2 atom stereocenters. The number of hydrogen-bond donors (Lipinski definition) is 3. The number of hydrogen-bond acceptors (Lipinski definition) is 3. The molecule has 0 spiro atoms. The Morgan fingerprint density at radius 1 is 1.26 bits per heavy atom. The number of nitrogens with one attached hydrogen (secondary N) is 2. The van der Waals surface area contributed by atoms with Crippen LogP contribution in [-0.4, -0.2) is 29.9 Å². The highest BCUT2D eigenvalue weighted by Crippen LogP contribution is 2.18. The Labute approximate surface area is 138 Å². The summed E-state index contributed by atoms with van der Waals surface area (Å²) in [5.74, 6) is 1.34. The molecule has 5 heteroatoms. The van der Waals surface area contributed by atoms with Crippen molar-refractivity contribution in [2.75, 3.05) is 6.61 Å². The zero-order valence-electron chi connectivity index (χ0n) is 14.0. The van der Waals surface area contributed by atoms with Gasteiger partial charge in [-0.1, -0.05) is 38.8 Å². The van der Waals surface area contributed by atoms with Gasteiger partial charge in [-0.05, 0) is 36.5 Å². The van der Waals surface area contributed by atoms with Gasteiger partial charge < -0.3 is 20.5 Å². The normalized spacial score (nSPS) is 21.0. The van der Waals surface area contributed by atoms with E-state index in [2.05, 4.69) is 24.5 Å². The van der Waals surface area contributed by atoms with Gasteiger partial charge in [-0.2, -0.15) is 0 Å². The van der Waals surface area contributed by atoms with Crippen LogP contribution < -0.4 is 15.4 Å². The van der Waals surface area contributed by atoms with Gasteiger partial charge in [0, 0.05) is 6.54 Å². The number of rotatable bonds is 6. The van der Waals surface area contributed by atoms with Crippen molar-refractivity contribution in [3.8, 4) is 5.75 Å². The number of amides is 2. The number of carbonyl (C=O) groups is 1. The fraction of sp³-hybridized carbons (Fsp3) is 0.611. The van der Waals surface area contributed by atoms with Crippen LogP contribution in [0.5, 0.6) is 5.75 Å². The molecule has 128 valence electrons. The molecular weight excluding hydrogens is 292 g/mol. The number of aliphatic hydroxyl groups excluding tert-OH is 1. The monoisotopic (exact) mass is 320 g/mol. The third-order valence-corrected chi connectivity index (χ3v) is 4.01. The summed E-state index contributed by atoms with van der Waals surface area (Å²) < 4.78 is 5.63. The van der Waals surface area contributed by atoms with E-state index >= 15 is 0 Å². The van der Waals surface area contributed by atoms with Gasteiger partial charge in [0.15, 0.2) is 0 Å². The molecule has 0 aromatic heterocycles. The van der Waals surface area contributed by atoms with Gasteiger partial charge in [0.25, 0.3) is 0 Å². The number of ether oxygens (including phenoxy) is 1. The van der Waals surface area contributed by atoms with Crippen molar-refractivity contribution >= 4 is 6.03 Å². The van der Waals surface area contributed by atoms with E-state index < -0.39 is 6.10 Å². The second kappa shape index (κ2) is 8.77. The third-order valence-electron chi connectivity index (χ3n) is 4.01. The maximum atomic E-state index is 11.9. The highest BCUT2D eigenvalue weighted by molar-refractivity contribution is 5.74. The third kappa shape index (κ3) is 6.10. The van der Waals surface area contributed by atoms with Gasteiger partial charge in [0.2, 0.25) is 0 Å². The quantitative estimate of drug-likeness (QED) is 0.755. The summed E-state index contributed by atoms with van der Waals surface area (Å²) in [6.45, 7) is 5.38. The number of aliphatic hydroxyl groups is 1. The van der Waals surface area contributed by atoms with E-state index in [-0.39, 0.29) is 12.1 Å². The first-order valence-corrected chi connectivity index (χ1v) is 8.49. The fourth-order valence-electron chi connectivity index (χ4n) is 2.65. The average Bonchev–Trinajstić information content (AvgIpc) is 2.54. The lowest BCUT2D eigenvalue weighted by atomic mass is 9.93. The summed E-state index contributed by atoms with van der Waals surface area (Å²) in [6, 6.07) is 7.38. The Morgan fingerprint density at radius 2 is 1.96 bits per heavy atom. The molecule has 2 rings (SSSR count). The minimum absolute atomic E-state index is 0.129. The Kier molecular flexibility index (Phi) is 6.71. The van der Waals surface area contributed by atoms with Crippen LogP contribution in [0.15, 0.2) is 24.3 Å². The van der Waals surface area contributed by atoms with E-state index in [9.17, 15) is 9.90 Å². The zero-order chi connectivity index (χ0) is 16.7. The first kappa shape index (κ1) is 17.6. The van der Waals surface area contributed by atoms with Crippen molar-refractivity contribution in [1.29, 1.82) is 0 Å². The molecule has 1 aliphatic carbocycles. The van der Waals surface area contributed by atoms with E-state index in [0.29, 0.717) is 19.1 Å². The van der Waals surface area contributed by atoms with Crippen LogP contribution in [0.3, 0.4) is 0 Å². The molecule has 1 fully saturated rings. The predicted molar refractivity (Wildman–Crippen MR) is 90.4 cm³/mol. The first-order valence-electron chi connectivity index (χ1n) is 8.49. The minimum atomic E-state index is -0.424. The van der Waals surface area contributed by atoms with Crippen LogP contribution in [0.2, 0.25) is 0 Å². The molecule has 2 unspecified atom stereocenters. The molecule has 1 saturated carbocycles. The number of carbonyl (C=O) groups excluding carboxylic acids is 1. The van der Waals surface area contributed by atoms with Gasteiger partial charge in [-0.3, -0.25) is 0 Å². The van der Waals surface area contributed by atoms with Crippen LogP contribution >= 0.6 is 0 Å². The Bertz CT molecular complexity index is 488. The lowest BCUT2D eigenvalue weighted by Crippen LogP contribution is -2.48. The molecule has 3 N–H and O–H groups in total. The van der Waals surface area contributed by atoms with Crippen molar-refractivity contribution < 1.29 is 14.6 Å². The summed E-state index contributed by atoms with van der Waals surface area (Å²) in [5, 5.41) is 15.6. The van der Waals surface area contributed by atoms with Crippen LogP contribution in [0, 0.1) is 5.92 Å². The standard InChI is InChI=1S/C18H28N2O3/c1-13(2)12-23-15-9-7-14(8-10-15)11-19-18(22)20-16-5-3-4-6-17(16)21/h7-10,13,16-17,21H,3-6,11-12H2,1-2H3,(H2,19,20,22). The number of urea groups is 1. The lowest BCUT2D eigenvalue weighted by Gasteiger charge is -2.28. The summed E-state index contributed by atoms with van der Waals surface area (Å²) in [4.78, 5) is 11.9. The fourth-order valence-corrected chi connectivity index (χ4v) is 2.65. The van der Waals surface area contributed by atoms with E-state index in [0.717, 1.165) is 37.0 Å². The summed E-state index contributed by atoms with van der Waals surface area (Å²) >= 11 is 0. The Hall–Kier alpha value is -1.75. The molecule has 0 aliphatic heterocycles.